The second-order valence-corrected chi connectivity index (χ2v) is 4.37. The summed E-state index contributed by atoms with van der Waals surface area (Å²) in [4.78, 5) is 0. The van der Waals surface area contributed by atoms with Crippen LogP contribution in [0, 0.1) is 25.2 Å². The van der Waals surface area contributed by atoms with Crippen LogP contribution in [0.1, 0.15) is 31.7 Å². The number of hydrogen-bond acceptors (Lipinski definition) is 3. The van der Waals surface area contributed by atoms with Crippen molar-refractivity contribution in [3.63, 3.8) is 0 Å². The molecule has 1 rings (SSSR count). The summed E-state index contributed by atoms with van der Waals surface area (Å²) in [5.41, 5.74) is 1.72. The molecular weight excluding hydrogens is 200 g/mol. The first kappa shape index (κ1) is 12.7. The topological polar surface area (TPSA) is 53.6 Å². The highest BCUT2D eigenvalue weighted by atomic mass is 15.3. The van der Waals surface area contributed by atoms with Crippen molar-refractivity contribution in [1.82, 2.24) is 15.1 Å². The summed E-state index contributed by atoms with van der Waals surface area (Å²) in [6, 6.07) is 4.38. The molecule has 1 N–H and O–H groups in total. The minimum atomic E-state index is -0.457. The molecule has 0 saturated heterocycles. The number of rotatable bonds is 5. The van der Waals surface area contributed by atoms with Crippen LogP contribution in [0.5, 0.6) is 0 Å². The van der Waals surface area contributed by atoms with Crippen LogP contribution in [0.15, 0.2) is 6.07 Å². The maximum Gasteiger partial charge on any atom is 0.105 e. The summed E-state index contributed by atoms with van der Waals surface area (Å²) >= 11 is 0. The van der Waals surface area contributed by atoms with Crippen LogP contribution in [-0.4, -0.2) is 21.9 Å². The predicted octanol–water partition coefficient (Wildman–Crippen LogP) is 1.78. The van der Waals surface area contributed by atoms with Gasteiger partial charge in [-0.25, -0.2) is 0 Å². The average Bonchev–Trinajstić information content (AvgIpc) is 2.55. The summed E-state index contributed by atoms with van der Waals surface area (Å²) < 4.78 is 1.96. The fourth-order valence-electron chi connectivity index (χ4n) is 1.80. The molecule has 88 valence electrons. The lowest BCUT2D eigenvalue weighted by Crippen LogP contribution is -2.41. The second-order valence-electron chi connectivity index (χ2n) is 4.37. The van der Waals surface area contributed by atoms with Crippen molar-refractivity contribution in [2.75, 3.05) is 6.54 Å². The quantitative estimate of drug-likeness (QED) is 0.823. The highest BCUT2D eigenvalue weighted by Gasteiger charge is 2.22. The molecule has 0 radical (unpaired) electrons. The number of aromatic nitrogens is 2. The third-order valence-corrected chi connectivity index (χ3v) is 2.74. The van der Waals surface area contributed by atoms with Crippen molar-refractivity contribution in [2.24, 2.45) is 0 Å². The molecule has 0 spiro atoms. The highest BCUT2D eigenvalue weighted by Crippen LogP contribution is 2.11. The van der Waals surface area contributed by atoms with Crippen LogP contribution in [-0.2, 0) is 6.54 Å². The molecule has 16 heavy (non-hydrogen) atoms. The highest BCUT2D eigenvalue weighted by molar-refractivity contribution is 5.08. The fraction of sp³-hybridized carbons (Fsp3) is 0.667. The van der Waals surface area contributed by atoms with Crippen LogP contribution in [0.25, 0.3) is 0 Å². The Balaban J connectivity index is 2.63. The SMILES string of the molecule is CCNC(C)(C#N)CCn1nc(C)cc1C. The summed E-state index contributed by atoms with van der Waals surface area (Å²) in [6.07, 6.45) is 0.763. The van der Waals surface area contributed by atoms with Crippen molar-refractivity contribution in [1.29, 1.82) is 5.26 Å². The number of nitrogens with zero attached hydrogens (tertiary/aromatic N) is 3. The number of nitrogens with one attached hydrogen (secondary N) is 1. The molecule has 4 nitrogen and oxygen atoms in total. The molecule has 0 amide bonds. The Kier molecular flexibility index (Phi) is 4.08. The predicted molar refractivity (Wildman–Crippen MR) is 64.0 cm³/mol. The van der Waals surface area contributed by atoms with Gasteiger partial charge in [-0.1, -0.05) is 6.92 Å². The first-order valence-electron chi connectivity index (χ1n) is 5.68. The van der Waals surface area contributed by atoms with Crippen LogP contribution in [0.3, 0.4) is 0 Å². The molecule has 0 fully saturated rings. The first-order valence-corrected chi connectivity index (χ1v) is 5.68. The van der Waals surface area contributed by atoms with E-state index in [4.69, 9.17) is 5.26 Å². The second kappa shape index (κ2) is 5.13. The van der Waals surface area contributed by atoms with Gasteiger partial charge in [0.15, 0.2) is 0 Å². The zero-order chi connectivity index (χ0) is 12.2. The van der Waals surface area contributed by atoms with Gasteiger partial charge in [0.1, 0.15) is 5.54 Å². The number of hydrogen-bond donors (Lipinski definition) is 1. The van der Waals surface area contributed by atoms with Gasteiger partial charge < -0.3 is 0 Å². The van der Waals surface area contributed by atoms with E-state index in [0.717, 1.165) is 30.9 Å². The Morgan fingerprint density at radius 1 is 1.56 bits per heavy atom. The van der Waals surface area contributed by atoms with Crippen molar-refractivity contribution in [3.05, 3.63) is 17.5 Å². The van der Waals surface area contributed by atoms with Gasteiger partial charge in [0.2, 0.25) is 0 Å². The molecule has 0 aliphatic carbocycles. The van der Waals surface area contributed by atoms with E-state index in [2.05, 4.69) is 22.6 Å². The van der Waals surface area contributed by atoms with Gasteiger partial charge in [-0.2, -0.15) is 10.4 Å². The molecule has 0 aliphatic rings. The maximum atomic E-state index is 9.13. The van der Waals surface area contributed by atoms with Gasteiger partial charge in [-0.15, -0.1) is 0 Å². The average molecular weight is 220 g/mol. The van der Waals surface area contributed by atoms with Crippen molar-refractivity contribution < 1.29 is 0 Å². The Hall–Kier alpha value is -1.34. The van der Waals surface area contributed by atoms with Crippen molar-refractivity contribution in [2.45, 2.75) is 46.2 Å². The molecule has 1 unspecified atom stereocenters. The van der Waals surface area contributed by atoms with E-state index in [0.29, 0.717) is 0 Å². The lowest BCUT2D eigenvalue weighted by Gasteiger charge is -2.22. The standard InChI is InChI=1S/C12H20N4/c1-5-14-12(4,9-13)6-7-16-11(3)8-10(2)15-16/h8,14H,5-7H2,1-4H3. The molecule has 1 atom stereocenters. The minimum absolute atomic E-state index is 0.457. The van der Waals surface area contributed by atoms with Gasteiger partial charge >= 0.3 is 0 Å². The molecule has 0 aromatic carbocycles. The van der Waals surface area contributed by atoms with Crippen molar-refractivity contribution in [3.8, 4) is 6.07 Å². The van der Waals surface area contributed by atoms with E-state index in [-0.39, 0.29) is 0 Å². The van der Waals surface area contributed by atoms with Gasteiger partial charge in [0.25, 0.3) is 0 Å². The Bertz CT molecular complexity index is 388. The van der Waals surface area contributed by atoms with E-state index >= 15 is 0 Å². The molecule has 4 heteroatoms. The van der Waals surface area contributed by atoms with Gasteiger partial charge in [0, 0.05) is 12.2 Å². The van der Waals surface area contributed by atoms with Gasteiger partial charge in [-0.3, -0.25) is 10.00 Å². The molecular formula is C12H20N4. The van der Waals surface area contributed by atoms with Crippen LogP contribution >= 0.6 is 0 Å². The van der Waals surface area contributed by atoms with Crippen LogP contribution < -0.4 is 5.32 Å². The lowest BCUT2D eigenvalue weighted by atomic mass is 10.00. The fourth-order valence-corrected chi connectivity index (χ4v) is 1.80. The summed E-state index contributed by atoms with van der Waals surface area (Å²) in [6.45, 7) is 9.55. The minimum Gasteiger partial charge on any atom is -0.300 e. The van der Waals surface area contributed by atoms with E-state index in [1.54, 1.807) is 0 Å². The van der Waals surface area contributed by atoms with E-state index < -0.39 is 5.54 Å². The third-order valence-electron chi connectivity index (χ3n) is 2.74. The molecule has 1 heterocycles. The van der Waals surface area contributed by atoms with Gasteiger partial charge in [0.05, 0.1) is 11.8 Å². The smallest absolute Gasteiger partial charge is 0.105 e. The van der Waals surface area contributed by atoms with Crippen molar-refractivity contribution >= 4 is 0 Å². The molecule has 1 aromatic rings. The number of aryl methyl sites for hydroxylation is 3. The third kappa shape index (κ3) is 3.07. The van der Waals surface area contributed by atoms with E-state index in [9.17, 15) is 0 Å². The Labute approximate surface area is 97.3 Å². The summed E-state index contributed by atoms with van der Waals surface area (Å²) in [5, 5.41) is 16.7. The van der Waals surface area contributed by atoms with E-state index in [1.807, 2.05) is 32.4 Å². The zero-order valence-electron chi connectivity index (χ0n) is 10.5. The summed E-state index contributed by atoms with van der Waals surface area (Å²) in [7, 11) is 0. The van der Waals surface area contributed by atoms with Gasteiger partial charge in [-0.05, 0) is 39.8 Å². The Morgan fingerprint density at radius 2 is 2.25 bits per heavy atom. The Morgan fingerprint density at radius 3 is 2.69 bits per heavy atom. The zero-order valence-corrected chi connectivity index (χ0v) is 10.5. The molecule has 0 bridgehead atoms. The maximum absolute atomic E-state index is 9.13. The van der Waals surface area contributed by atoms with Crippen LogP contribution in [0.2, 0.25) is 0 Å². The molecule has 1 aromatic heterocycles. The lowest BCUT2D eigenvalue weighted by molar-refractivity contribution is 0.387. The monoisotopic (exact) mass is 220 g/mol. The van der Waals surface area contributed by atoms with Crippen LogP contribution in [0.4, 0.5) is 0 Å². The first-order chi connectivity index (χ1) is 7.50. The molecule has 0 saturated carbocycles. The van der Waals surface area contributed by atoms with E-state index in [1.165, 1.54) is 0 Å². The number of nitriles is 1. The largest absolute Gasteiger partial charge is 0.300 e. The summed E-state index contributed by atoms with van der Waals surface area (Å²) in [5.74, 6) is 0. The molecule has 0 aliphatic heterocycles. The normalized spacial score (nSPS) is 14.4.